The minimum Gasteiger partial charge on any atom is -0.493 e. The highest BCUT2D eigenvalue weighted by atomic mass is 16.5. The Labute approximate surface area is 154 Å². The third-order valence-corrected chi connectivity index (χ3v) is 3.69. The molecule has 0 saturated heterocycles. The number of rotatable bonds is 10. The first-order valence-electron chi connectivity index (χ1n) is 8.35. The molecule has 0 spiro atoms. The predicted octanol–water partition coefficient (Wildman–Crippen LogP) is 2.61. The van der Waals surface area contributed by atoms with Gasteiger partial charge < -0.3 is 29.7 Å². The molecule has 0 radical (unpaired) electrons. The Kier molecular flexibility index (Phi) is 7.28. The molecule has 0 saturated carbocycles. The summed E-state index contributed by atoms with van der Waals surface area (Å²) >= 11 is 0. The fourth-order valence-electron chi connectivity index (χ4n) is 2.44. The normalized spacial score (nSPS) is 10.5. The fourth-order valence-corrected chi connectivity index (χ4v) is 2.44. The molecule has 26 heavy (non-hydrogen) atoms. The first kappa shape index (κ1) is 19.6. The Bertz CT molecular complexity index is 684. The van der Waals surface area contributed by atoms with Gasteiger partial charge in [0.05, 0.1) is 21.3 Å². The minimum absolute atomic E-state index is 0.548. The Morgan fingerprint density at radius 1 is 0.923 bits per heavy atom. The summed E-state index contributed by atoms with van der Waals surface area (Å²) in [6, 6.07) is 5.51. The molecule has 0 atom stereocenters. The van der Waals surface area contributed by atoms with Gasteiger partial charge in [0, 0.05) is 30.4 Å². The number of hydrogen-bond donors (Lipinski definition) is 2. The smallest absolute Gasteiger partial charge is 0.203 e. The summed E-state index contributed by atoms with van der Waals surface area (Å²) in [4.78, 5) is 10.7. The molecule has 0 aliphatic carbocycles. The van der Waals surface area contributed by atoms with Crippen LogP contribution < -0.4 is 24.8 Å². The second-order valence-electron chi connectivity index (χ2n) is 5.91. The molecule has 2 N–H and O–H groups in total. The highest BCUT2D eigenvalue weighted by molar-refractivity contribution is 5.67. The topological polar surface area (TPSA) is 80.8 Å². The number of aromatic nitrogens is 2. The molecule has 8 nitrogen and oxygen atoms in total. The van der Waals surface area contributed by atoms with Crippen LogP contribution in [0.4, 0.5) is 17.3 Å². The number of methoxy groups -OCH3 is 3. The molecule has 2 aromatic rings. The van der Waals surface area contributed by atoms with Gasteiger partial charge in [-0.25, -0.2) is 9.97 Å². The lowest BCUT2D eigenvalue weighted by molar-refractivity contribution is 0.324. The van der Waals surface area contributed by atoms with Crippen molar-refractivity contribution in [1.29, 1.82) is 0 Å². The van der Waals surface area contributed by atoms with Gasteiger partial charge in [-0.05, 0) is 27.1 Å². The lowest BCUT2D eigenvalue weighted by Gasteiger charge is -2.15. The highest BCUT2D eigenvalue weighted by Crippen LogP contribution is 2.40. The van der Waals surface area contributed by atoms with E-state index in [4.69, 9.17) is 14.2 Å². The monoisotopic (exact) mass is 361 g/mol. The van der Waals surface area contributed by atoms with Crippen molar-refractivity contribution < 1.29 is 14.2 Å². The van der Waals surface area contributed by atoms with E-state index in [1.165, 1.54) is 6.33 Å². The molecule has 0 unspecified atom stereocenters. The maximum atomic E-state index is 5.37. The first-order valence-corrected chi connectivity index (χ1v) is 8.35. The minimum atomic E-state index is 0.548. The van der Waals surface area contributed by atoms with Crippen molar-refractivity contribution in [2.24, 2.45) is 0 Å². The number of benzene rings is 1. The molecule has 1 aromatic heterocycles. The Morgan fingerprint density at radius 3 is 2.15 bits per heavy atom. The summed E-state index contributed by atoms with van der Waals surface area (Å²) in [7, 11) is 8.86. The van der Waals surface area contributed by atoms with Gasteiger partial charge in [0.25, 0.3) is 0 Å². The van der Waals surface area contributed by atoms with Gasteiger partial charge in [-0.2, -0.15) is 0 Å². The zero-order valence-corrected chi connectivity index (χ0v) is 16.0. The maximum Gasteiger partial charge on any atom is 0.203 e. The van der Waals surface area contributed by atoms with E-state index in [0.29, 0.717) is 23.1 Å². The molecule has 0 aliphatic rings. The largest absolute Gasteiger partial charge is 0.493 e. The van der Waals surface area contributed by atoms with Crippen LogP contribution in [-0.2, 0) is 0 Å². The van der Waals surface area contributed by atoms with Crippen molar-refractivity contribution in [3.63, 3.8) is 0 Å². The fraction of sp³-hybridized carbons (Fsp3) is 0.444. The van der Waals surface area contributed by atoms with Gasteiger partial charge >= 0.3 is 0 Å². The van der Waals surface area contributed by atoms with E-state index in [9.17, 15) is 0 Å². The molecule has 1 aromatic carbocycles. The number of ether oxygens (including phenoxy) is 3. The lowest BCUT2D eigenvalue weighted by Crippen LogP contribution is -2.16. The molecule has 0 bridgehead atoms. The van der Waals surface area contributed by atoms with E-state index in [1.54, 1.807) is 21.3 Å². The van der Waals surface area contributed by atoms with Crippen LogP contribution >= 0.6 is 0 Å². The Balaban J connectivity index is 2.09. The summed E-state index contributed by atoms with van der Waals surface area (Å²) in [6.45, 7) is 1.87. The highest BCUT2D eigenvalue weighted by Gasteiger charge is 2.13. The first-order chi connectivity index (χ1) is 12.6. The van der Waals surface area contributed by atoms with E-state index in [2.05, 4.69) is 39.6 Å². The zero-order chi connectivity index (χ0) is 18.9. The van der Waals surface area contributed by atoms with Crippen molar-refractivity contribution in [3.05, 3.63) is 24.5 Å². The van der Waals surface area contributed by atoms with Crippen LogP contribution in [0.15, 0.2) is 24.5 Å². The van der Waals surface area contributed by atoms with Crippen LogP contribution in [0, 0.1) is 0 Å². The van der Waals surface area contributed by atoms with Crippen molar-refractivity contribution in [2.75, 3.05) is 59.1 Å². The van der Waals surface area contributed by atoms with E-state index < -0.39 is 0 Å². The average Bonchev–Trinajstić information content (AvgIpc) is 2.64. The molecule has 0 aliphatic heterocycles. The van der Waals surface area contributed by atoms with Crippen LogP contribution in [0.1, 0.15) is 6.42 Å². The van der Waals surface area contributed by atoms with Crippen LogP contribution in [-0.4, -0.2) is 63.4 Å². The second-order valence-corrected chi connectivity index (χ2v) is 5.91. The van der Waals surface area contributed by atoms with Crippen LogP contribution in [0.25, 0.3) is 0 Å². The quantitative estimate of drug-likeness (QED) is 0.625. The van der Waals surface area contributed by atoms with Crippen molar-refractivity contribution in [1.82, 2.24) is 14.9 Å². The molecule has 0 amide bonds. The van der Waals surface area contributed by atoms with Crippen LogP contribution in [0.3, 0.4) is 0 Å². The third-order valence-electron chi connectivity index (χ3n) is 3.69. The number of nitrogens with one attached hydrogen (secondary N) is 2. The van der Waals surface area contributed by atoms with Gasteiger partial charge in [-0.15, -0.1) is 0 Å². The third kappa shape index (κ3) is 5.38. The van der Waals surface area contributed by atoms with Gasteiger partial charge in [0.1, 0.15) is 18.0 Å². The number of hydrogen-bond acceptors (Lipinski definition) is 8. The van der Waals surface area contributed by atoms with Crippen molar-refractivity contribution in [3.8, 4) is 17.2 Å². The van der Waals surface area contributed by atoms with E-state index >= 15 is 0 Å². The molecule has 0 fully saturated rings. The predicted molar refractivity (Wildman–Crippen MR) is 103 cm³/mol. The van der Waals surface area contributed by atoms with Crippen LogP contribution in [0.5, 0.6) is 17.2 Å². The van der Waals surface area contributed by atoms with Crippen LogP contribution in [0.2, 0.25) is 0 Å². The molecule has 142 valence electrons. The molecule has 1 heterocycles. The SMILES string of the molecule is COc1cc(Nc2cc(NCCCN(C)C)ncn2)cc(OC)c1OC. The molecular weight excluding hydrogens is 334 g/mol. The maximum absolute atomic E-state index is 5.37. The van der Waals surface area contributed by atoms with Gasteiger partial charge in [0.2, 0.25) is 5.75 Å². The summed E-state index contributed by atoms with van der Waals surface area (Å²) in [5.74, 6) is 3.14. The zero-order valence-electron chi connectivity index (χ0n) is 16.0. The Hall–Kier alpha value is -2.74. The molecule has 8 heteroatoms. The number of nitrogens with zero attached hydrogens (tertiary/aromatic N) is 3. The van der Waals surface area contributed by atoms with Gasteiger partial charge in [0.15, 0.2) is 11.5 Å². The van der Waals surface area contributed by atoms with Gasteiger partial charge in [-0.3, -0.25) is 0 Å². The summed E-state index contributed by atoms with van der Waals surface area (Å²) in [6.07, 6.45) is 2.56. The van der Waals surface area contributed by atoms with E-state index in [0.717, 1.165) is 31.0 Å². The molecule has 2 rings (SSSR count). The lowest BCUT2D eigenvalue weighted by atomic mass is 10.2. The summed E-state index contributed by atoms with van der Waals surface area (Å²) in [5.41, 5.74) is 0.775. The average molecular weight is 361 g/mol. The standard InChI is InChI=1S/C18H27N5O3/c1-23(2)8-6-7-19-16-11-17(21-12-20-16)22-13-9-14(24-3)18(26-5)15(10-13)25-4/h9-12H,6-8H2,1-5H3,(H2,19,20,21,22). The summed E-state index contributed by atoms with van der Waals surface area (Å²) in [5, 5.41) is 6.54. The number of anilines is 3. The van der Waals surface area contributed by atoms with Crippen molar-refractivity contribution in [2.45, 2.75) is 6.42 Å². The summed E-state index contributed by atoms with van der Waals surface area (Å²) < 4.78 is 16.1. The van der Waals surface area contributed by atoms with Gasteiger partial charge in [-0.1, -0.05) is 0 Å². The van der Waals surface area contributed by atoms with E-state index in [-0.39, 0.29) is 0 Å². The van der Waals surface area contributed by atoms with E-state index in [1.807, 2.05) is 18.2 Å². The second kappa shape index (κ2) is 9.67. The molecular formula is C18H27N5O3. The van der Waals surface area contributed by atoms with Crippen molar-refractivity contribution >= 4 is 17.3 Å². The Morgan fingerprint density at radius 2 is 1.58 bits per heavy atom.